The molecule has 1 N–H and O–H groups in total. The fraction of sp³-hybridized carbons (Fsp3) is 0.250. The van der Waals surface area contributed by atoms with Gasteiger partial charge in [-0.25, -0.2) is 4.79 Å². The molecular weight excluding hydrogens is 360 g/mol. The molecule has 0 bridgehead atoms. The fourth-order valence-electron chi connectivity index (χ4n) is 4.36. The smallest absolute Gasteiger partial charge is 0.298 e. The third-order valence-corrected chi connectivity index (χ3v) is 5.80. The maximum atomic E-state index is 12.4. The maximum Gasteiger partial charge on any atom is 0.348 e. The Morgan fingerprint density at radius 2 is 1.76 bits per heavy atom. The highest BCUT2D eigenvalue weighted by atomic mass is 16.1. The lowest BCUT2D eigenvalue weighted by Crippen LogP contribution is -2.34. The second-order valence-electron chi connectivity index (χ2n) is 7.78. The summed E-state index contributed by atoms with van der Waals surface area (Å²) in [4.78, 5) is 17.9. The maximum absolute atomic E-state index is 12.4. The minimum absolute atomic E-state index is 0.169. The molecule has 3 aromatic carbocycles. The van der Waals surface area contributed by atoms with E-state index in [1.165, 1.54) is 21.0 Å². The van der Waals surface area contributed by atoms with Crippen molar-refractivity contribution < 1.29 is 0 Å². The zero-order chi connectivity index (χ0) is 19.6. The van der Waals surface area contributed by atoms with E-state index in [0.29, 0.717) is 0 Å². The molecule has 1 saturated heterocycles. The van der Waals surface area contributed by atoms with Crippen molar-refractivity contribution in [3.05, 3.63) is 94.7 Å². The van der Waals surface area contributed by atoms with Crippen LogP contribution in [-0.2, 0) is 6.54 Å². The van der Waals surface area contributed by atoms with Crippen LogP contribution in [0.5, 0.6) is 0 Å². The molecule has 146 valence electrons. The van der Waals surface area contributed by atoms with Gasteiger partial charge in [0.2, 0.25) is 0 Å². The predicted molar refractivity (Wildman–Crippen MR) is 115 cm³/mol. The molecule has 1 aliphatic rings. The molecule has 0 spiro atoms. The number of hydrogen-bond acceptors (Lipinski definition) is 3. The molecular formula is C24H24N4O. The summed E-state index contributed by atoms with van der Waals surface area (Å²) in [6, 6.07) is 24.7. The van der Waals surface area contributed by atoms with Crippen molar-refractivity contribution in [2.24, 2.45) is 0 Å². The Hall–Kier alpha value is -3.18. The first kappa shape index (κ1) is 17.9. The third-order valence-electron chi connectivity index (χ3n) is 5.80. The normalized spacial score (nSPS) is 17.6. The topological polar surface area (TPSA) is 53.9 Å². The zero-order valence-electron chi connectivity index (χ0n) is 16.3. The van der Waals surface area contributed by atoms with Crippen molar-refractivity contribution in [1.29, 1.82) is 0 Å². The molecule has 5 heteroatoms. The predicted octanol–water partition coefficient (Wildman–Crippen LogP) is 4.09. The number of nitrogens with zero attached hydrogens (tertiary/aromatic N) is 3. The minimum Gasteiger partial charge on any atom is -0.298 e. The van der Waals surface area contributed by atoms with Crippen molar-refractivity contribution in [2.45, 2.75) is 25.3 Å². The van der Waals surface area contributed by atoms with Crippen LogP contribution < -0.4 is 5.69 Å². The summed E-state index contributed by atoms with van der Waals surface area (Å²) in [6.07, 6.45) is 2.16. The van der Waals surface area contributed by atoms with Crippen LogP contribution in [0, 0.1) is 0 Å². The number of likely N-dealkylation sites (tertiary alicyclic amines) is 1. The number of fused-ring (bicyclic) bond motifs is 1. The largest absolute Gasteiger partial charge is 0.348 e. The Morgan fingerprint density at radius 3 is 2.66 bits per heavy atom. The van der Waals surface area contributed by atoms with Crippen molar-refractivity contribution in [3.8, 4) is 5.69 Å². The van der Waals surface area contributed by atoms with Gasteiger partial charge in [0.25, 0.3) is 0 Å². The molecule has 4 aromatic rings. The van der Waals surface area contributed by atoms with E-state index in [4.69, 9.17) is 0 Å². The van der Waals surface area contributed by atoms with Crippen LogP contribution in [0.15, 0.2) is 77.6 Å². The lowest BCUT2D eigenvalue weighted by atomic mass is 9.96. The van der Waals surface area contributed by atoms with Gasteiger partial charge in [-0.2, -0.15) is 4.68 Å². The van der Waals surface area contributed by atoms with Crippen LogP contribution in [0.2, 0.25) is 0 Å². The molecule has 1 unspecified atom stereocenters. The molecule has 0 saturated carbocycles. The second kappa shape index (κ2) is 7.68. The van der Waals surface area contributed by atoms with Gasteiger partial charge in [0.15, 0.2) is 0 Å². The highest BCUT2D eigenvalue weighted by Gasteiger charge is 2.25. The van der Waals surface area contributed by atoms with E-state index in [1.54, 1.807) is 0 Å². The lowest BCUT2D eigenvalue weighted by Gasteiger charge is -2.31. The molecule has 0 radical (unpaired) electrons. The van der Waals surface area contributed by atoms with Gasteiger partial charge in [-0.15, -0.1) is 5.10 Å². The summed E-state index contributed by atoms with van der Waals surface area (Å²) >= 11 is 0. The molecule has 1 atom stereocenters. The number of benzene rings is 3. The highest BCUT2D eigenvalue weighted by Crippen LogP contribution is 2.27. The molecule has 0 amide bonds. The Kier molecular flexibility index (Phi) is 4.74. The van der Waals surface area contributed by atoms with Crippen molar-refractivity contribution >= 4 is 10.8 Å². The van der Waals surface area contributed by atoms with E-state index in [9.17, 15) is 4.79 Å². The number of H-pyrrole nitrogens is 1. The van der Waals surface area contributed by atoms with Gasteiger partial charge < -0.3 is 0 Å². The minimum atomic E-state index is -0.169. The van der Waals surface area contributed by atoms with Gasteiger partial charge in [-0.3, -0.25) is 9.88 Å². The van der Waals surface area contributed by atoms with Gasteiger partial charge in [0.1, 0.15) is 5.82 Å². The SMILES string of the molecule is O=c1[nH]c(C2CCCN(Cc3cccc4ccccc34)C2)nn1-c1ccccc1. The first-order valence-corrected chi connectivity index (χ1v) is 10.2. The number of nitrogens with one attached hydrogen (secondary N) is 1. The van der Waals surface area contributed by atoms with Crippen LogP contribution >= 0.6 is 0 Å². The Morgan fingerprint density at radius 1 is 0.966 bits per heavy atom. The van der Waals surface area contributed by atoms with Crippen LogP contribution in [0.3, 0.4) is 0 Å². The molecule has 5 rings (SSSR count). The first-order valence-electron chi connectivity index (χ1n) is 10.2. The molecule has 1 aliphatic heterocycles. The molecule has 1 aromatic heterocycles. The average Bonchev–Trinajstić information content (AvgIpc) is 3.17. The van der Waals surface area contributed by atoms with E-state index in [1.807, 2.05) is 30.3 Å². The molecule has 2 heterocycles. The molecule has 29 heavy (non-hydrogen) atoms. The third kappa shape index (κ3) is 3.61. The second-order valence-corrected chi connectivity index (χ2v) is 7.78. The number of rotatable bonds is 4. The quantitative estimate of drug-likeness (QED) is 0.576. The standard InChI is InChI=1S/C24H24N4O/c29-24-25-23(26-28(24)21-12-2-1-3-13-21)20-11-7-15-27(17-20)16-19-10-6-9-18-8-4-5-14-22(18)19/h1-6,8-10,12-14,20H,7,11,15-17H2,(H,25,26,29). The van der Waals surface area contributed by atoms with Crippen molar-refractivity contribution in [2.75, 3.05) is 13.1 Å². The van der Waals surface area contributed by atoms with Gasteiger partial charge in [-0.05, 0) is 47.9 Å². The van der Waals surface area contributed by atoms with E-state index in [2.05, 4.69) is 57.4 Å². The van der Waals surface area contributed by atoms with Crippen LogP contribution in [0.25, 0.3) is 16.5 Å². The Labute approximate surface area is 169 Å². The number of para-hydroxylation sites is 1. The van der Waals surface area contributed by atoms with Gasteiger partial charge >= 0.3 is 5.69 Å². The van der Waals surface area contributed by atoms with E-state index < -0.39 is 0 Å². The number of aromatic amines is 1. The summed E-state index contributed by atoms with van der Waals surface area (Å²) < 4.78 is 1.47. The van der Waals surface area contributed by atoms with E-state index in [-0.39, 0.29) is 11.6 Å². The first-order chi connectivity index (χ1) is 14.3. The van der Waals surface area contributed by atoms with Gasteiger partial charge in [0, 0.05) is 19.0 Å². The highest BCUT2D eigenvalue weighted by molar-refractivity contribution is 5.85. The van der Waals surface area contributed by atoms with Gasteiger partial charge in [0.05, 0.1) is 5.69 Å². The molecule has 5 nitrogen and oxygen atoms in total. The lowest BCUT2D eigenvalue weighted by molar-refractivity contribution is 0.197. The Bertz CT molecular complexity index is 1170. The van der Waals surface area contributed by atoms with Crippen molar-refractivity contribution in [1.82, 2.24) is 19.7 Å². The summed E-state index contributed by atoms with van der Waals surface area (Å²) in [5.74, 6) is 1.04. The van der Waals surface area contributed by atoms with Crippen LogP contribution in [-0.4, -0.2) is 32.8 Å². The summed E-state index contributed by atoms with van der Waals surface area (Å²) in [7, 11) is 0. The monoisotopic (exact) mass is 384 g/mol. The number of piperidine rings is 1. The molecule has 1 fully saturated rings. The summed E-state index contributed by atoms with van der Waals surface area (Å²) in [5.41, 5.74) is 1.98. The summed E-state index contributed by atoms with van der Waals surface area (Å²) in [5, 5.41) is 7.22. The average molecular weight is 384 g/mol. The Balaban J connectivity index is 1.37. The fourth-order valence-corrected chi connectivity index (χ4v) is 4.36. The van der Waals surface area contributed by atoms with Crippen LogP contribution in [0.4, 0.5) is 0 Å². The van der Waals surface area contributed by atoms with Crippen molar-refractivity contribution in [3.63, 3.8) is 0 Å². The number of hydrogen-bond donors (Lipinski definition) is 1. The van der Waals surface area contributed by atoms with E-state index >= 15 is 0 Å². The summed E-state index contributed by atoms with van der Waals surface area (Å²) in [6.45, 7) is 2.90. The van der Waals surface area contributed by atoms with Crippen LogP contribution in [0.1, 0.15) is 30.1 Å². The zero-order valence-corrected chi connectivity index (χ0v) is 16.3. The van der Waals surface area contributed by atoms with Gasteiger partial charge in [-0.1, -0.05) is 60.7 Å². The number of aromatic nitrogens is 3. The molecule has 0 aliphatic carbocycles. The van der Waals surface area contributed by atoms with E-state index in [0.717, 1.165) is 44.0 Å².